The molecule has 0 saturated heterocycles. The van der Waals surface area contributed by atoms with E-state index in [1.165, 1.54) is 16.7 Å². The zero-order valence-corrected chi connectivity index (χ0v) is 10.1. The van der Waals surface area contributed by atoms with Gasteiger partial charge in [0.25, 0.3) is 0 Å². The third kappa shape index (κ3) is 1.85. The minimum atomic E-state index is -0.290. The summed E-state index contributed by atoms with van der Waals surface area (Å²) in [6, 6.07) is 4.20. The number of methoxy groups -OCH3 is 1. The van der Waals surface area contributed by atoms with Crippen molar-refractivity contribution in [1.82, 2.24) is 0 Å². The highest BCUT2D eigenvalue weighted by Crippen LogP contribution is 2.36. The van der Waals surface area contributed by atoms with Crippen molar-refractivity contribution in [3.8, 4) is 5.75 Å². The summed E-state index contributed by atoms with van der Waals surface area (Å²) in [5.41, 5.74) is 4.75. The molecule has 0 saturated carbocycles. The van der Waals surface area contributed by atoms with Crippen LogP contribution in [0.1, 0.15) is 29.5 Å². The zero-order valence-electron chi connectivity index (χ0n) is 10.1. The molecular weight excluding hydrogens is 200 g/mol. The summed E-state index contributed by atoms with van der Waals surface area (Å²) >= 11 is 0. The van der Waals surface area contributed by atoms with Gasteiger partial charge in [0.2, 0.25) is 0 Å². The van der Waals surface area contributed by atoms with Crippen LogP contribution in [0.25, 0.3) is 5.57 Å². The molecule has 1 N–H and O–H groups in total. The second-order valence-corrected chi connectivity index (χ2v) is 4.39. The van der Waals surface area contributed by atoms with E-state index in [0.717, 1.165) is 24.2 Å². The number of rotatable bonds is 2. The van der Waals surface area contributed by atoms with E-state index in [0.29, 0.717) is 0 Å². The summed E-state index contributed by atoms with van der Waals surface area (Å²) in [7, 11) is 1.71. The SMILES string of the molecule is COc1c(C2=CC(O)CC2)ccc(C)c1C. The van der Waals surface area contributed by atoms with E-state index in [4.69, 9.17) is 4.74 Å². The van der Waals surface area contributed by atoms with Gasteiger partial charge in [-0.25, -0.2) is 0 Å². The Balaban J connectivity index is 2.49. The molecule has 16 heavy (non-hydrogen) atoms. The predicted octanol–water partition coefficient (Wildman–Crippen LogP) is 2.85. The van der Waals surface area contributed by atoms with Crippen molar-refractivity contribution in [3.63, 3.8) is 0 Å². The van der Waals surface area contributed by atoms with Crippen molar-refractivity contribution in [2.24, 2.45) is 0 Å². The summed E-state index contributed by atoms with van der Waals surface area (Å²) in [6.07, 6.45) is 3.40. The molecular formula is C14H18O2. The summed E-state index contributed by atoms with van der Waals surface area (Å²) < 4.78 is 5.48. The lowest BCUT2D eigenvalue weighted by molar-refractivity contribution is 0.223. The van der Waals surface area contributed by atoms with E-state index in [1.54, 1.807) is 7.11 Å². The molecule has 1 atom stereocenters. The van der Waals surface area contributed by atoms with Crippen LogP contribution in [0.15, 0.2) is 18.2 Å². The van der Waals surface area contributed by atoms with Gasteiger partial charge >= 0.3 is 0 Å². The lowest BCUT2D eigenvalue weighted by Crippen LogP contribution is -1.95. The molecule has 0 bridgehead atoms. The Hall–Kier alpha value is -1.28. The van der Waals surface area contributed by atoms with Gasteiger partial charge < -0.3 is 9.84 Å². The second kappa shape index (κ2) is 4.30. The highest BCUT2D eigenvalue weighted by atomic mass is 16.5. The standard InChI is InChI=1S/C14H18O2/c1-9-4-7-13(14(16-3)10(9)2)11-5-6-12(15)8-11/h4,7-8,12,15H,5-6H2,1-3H3. The van der Waals surface area contributed by atoms with Crippen LogP contribution >= 0.6 is 0 Å². The fraction of sp³-hybridized carbons (Fsp3) is 0.429. The van der Waals surface area contributed by atoms with E-state index >= 15 is 0 Å². The van der Waals surface area contributed by atoms with Crippen LogP contribution in [0, 0.1) is 13.8 Å². The van der Waals surface area contributed by atoms with E-state index in [9.17, 15) is 5.11 Å². The van der Waals surface area contributed by atoms with Crippen molar-refractivity contribution >= 4 is 5.57 Å². The van der Waals surface area contributed by atoms with Gasteiger partial charge in [0.05, 0.1) is 13.2 Å². The summed E-state index contributed by atoms with van der Waals surface area (Å²) in [6.45, 7) is 4.16. The molecule has 0 heterocycles. The topological polar surface area (TPSA) is 29.5 Å². The molecule has 1 unspecified atom stereocenters. The molecule has 0 spiro atoms. The fourth-order valence-corrected chi connectivity index (χ4v) is 2.23. The van der Waals surface area contributed by atoms with Gasteiger partial charge in [-0.15, -0.1) is 0 Å². The summed E-state index contributed by atoms with van der Waals surface area (Å²) in [4.78, 5) is 0. The Morgan fingerprint density at radius 1 is 1.31 bits per heavy atom. The maximum atomic E-state index is 9.53. The summed E-state index contributed by atoms with van der Waals surface area (Å²) in [5.74, 6) is 0.945. The molecule has 1 aromatic rings. The molecule has 1 aromatic carbocycles. The van der Waals surface area contributed by atoms with Crippen molar-refractivity contribution in [2.45, 2.75) is 32.8 Å². The average Bonchev–Trinajstić information content (AvgIpc) is 2.68. The van der Waals surface area contributed by atoms with E-state index < -0.39 is 0 Å². The fourth-order valence-electron chi connectivity index (χ4n) is 2.23. The molecule has 2 nitrogen and oxygen atoms in total. The monoisotopic (exact) mass is 218 g/mol. The number of aliphatic hydroxyl groups excluding tert-OH is 1. The van der Waals surface area contributed by atoms with Crippen LogP contribution in [-0.2, 0) is 0 Å². The zero-order chi connectivity index (χ0) is 11.7. The number of benzene rings is 1. The van der Waals surface area contributed by atoms with Crippen LogP contribution in [0.3, 0.4) is 0 Å². The minimum Gasteiger partial charge on any atom is -0.496 e. The first kappa shape index (κ1) is 11.2. The van der Waals surface area contributed by atoms with Gasteiger partial charge in [-0.2, -0.15) is 0 Å². The molecule has 0 fully saturated rings. The first-order chi connectivity index (χ1) is 7.63. The van der Waals surface area contributed by atoms with Crippen LogP contribution in [0.2, 0.25) is 0 Å². The molecule has 1 aliphatic rings. The van der Waals surface area contributed by atoms with E-state index in [2.05, 4.69) is 26.0 Å². The van der Waals surface area contributed by atoms with Crippen LogP contribution in [0.4, 0.5) is 0 Å². The molecule has 0 amide bonds. The Morgan fingerprint density at radius 2 is 2.06 bits per heavy atom. The highest BCUT2D eigenvalue weighted by Gasteiger charge is 2.18. The maximum Gasteiger partial charge on any atom is 0.129 e. The van der Waals surface area contributed by atoms with Gasteiger partial charge in [-0.1, -0.05) is 18.2 Å². The Morgan fingerprint density at radius 3 is 2.62 bits per heavy atom. The van der Waals surface area contributed by atoms with E-state index in [-0.39, 0.29) is 6.10 Å². The minimum absolute atomic E-state index is 0.290. The lowest BCUT2D eigenvalue weighted by atomic mass is 9.98. The molecule has 0 aromatic heterocycles. The Bertz CT molecular complexity index is 433. The average molecular weight is 218 g/mol. The van der Waals surface area contributed by atoms with Crippen molar-refractivity contribution < 1.29 is 9.84 Å². The van der Waals surface area contributed by atoms with Gasteiger partial charge in [0.1, 0.15) is 5.75 Å². The number of hydrogen-bond donors (Lipinski definition) is 1. The number of aliphatic hydroxyl groups is 1. The van der Waals surface area contributed by atoms with Gasteiger partial charge in [-0.05, 0) is 43.4 Å². The van der Waals surface area contributed by atoms with Crippen LogP contribution < -0.4 is 4.74 Å². The van der Waals surface area contributed by atoms with Gasteiger partial charge in [-0.3, -0.25) is 0 Å². The molecule has 1 aliphatic carbocycles. The van der Waals surface area contributed by atoms with Crippen LogP contribution in [-0.4, -0.2) is 18.3 Å². The highest BCUT2D eigenvalue weighted by molar-refractivity contribution is 5.74. The first-order valence-electron chi connectivity index (χ1n) is 5.67. The Labute approximate surface area is 96.6 Å². The summed E-state index contributed by atoms with van der Waals surface area (Å²) in [5, 5.41) is 9.53. The largest absolute Gasteiger partial charge is 0.496 e. The molecule has 0 radical (unpaired) electrons. The third-order valence-corrected chi connectivity index (χ3v) is 3.33. The number of aryl methyl sites for hydroxylation is 1. The van der Waals surface area contributed by atoms with E-state index in [1.807, 2.05) is 6.08 Å². The Kier molecular flexibility index (Phi) is 3.01. The van der Waals surface area contributed by atoms with Crippen molar-refractivity contribution in [2.75, 3.05) is 7.11 Å². The smallest absolute Gasteiger partial charge is 0.129 e. The quantitative estimate of drug-likeness (QED) is 0.827. The first-order valence-corrected chi connectivity index (χ1v) is 5.67. The second-order valence-electron chi connectivity index (χ2n) is 4.39. The van der Waals surface area contributed by atoms with Gasteiger partial charge in [0.15, 0.2) is 0 Å². The molecule has 0 aliphatic heterocycles. The van der Waals surface area contributed by atoms with Crippen molar-refractivity contribution in [1.29, 1.82) is 0 Å². The molecule has 2 rings (SSSR count). The predicted molar refractivity (Wildman–Crippen MR) is 65.7 cm³/mol. The molecule has 2 heteroatoms. The maximum absolute atomic E-state index is 9.53. The number of hydrogen-bond acceptors (Lipinski definition) is 2. The van der Waals surface area contributed by atoms with Gasteiger partial charge in [0, 0.05) is 5.56 Å². The normalized spacial score (nSPS) is 19.8. The lowest BCUT2D eigenvalue weighted by Gasteiger charge is -2.14. The van der Waals surface area contributed by atoms with Crippen molar-refractivity contribution in [3.05, 3.63) is 34.9 Å². The third-order valence-electron chi connectivity index (χ3n) is 3.33. The molecule has 86 valence electrons. The number of ether oxygens (including phenoxy) is 1. The van der Waals surface area contributed by atoms with Crippen LogP contribution in [0.5, 0.6) is 5.75 Å². The number of allylic oxidation sites excluding steroid dienone is 1.